The van der Waals surface area contributed by atoms with Gasteiger partial charge in [-0.05, 0) is 62.1 Å². The summed E-state index contributed by atoms with van der Waals surface area (Å²) < 4.78 is 27.2. The summed E-state index contributed by atoms with van der Waals surface area (Å²) in [6, 6.07) is 6.52. The molecule has 150 valence electrons. The van der Waals surface area contributed by atoms with Gasteiger partial charge in [-0.2, -0.15) is 4.31 Å². The van der Waals surface area contributed by atoms with Crippen LogP contribution in [0.4, 0.5) is 5.69 Å². The van der Waals surface area contributed by atoms with Gasteiger partial charge < -0.3 is 11.1 Å². The molecule has 2 bridgehead atoms. The van der Waals surface area contributed by atoms with Crippen LogP contribution in [0.1, 0.15) is 38.5 Å². The first-order valence-electron chi connectivity index (χ1n) is 9.63. The minimum atomic E-state index is -3.50. The van der Waals surface area contributed by atoms with E-state index in [4.69, 9.17) is 5.73 Å². The monoisotopic (exact) mass is 413 g/mol. The first-order valence-corrected chi connectivity index (χ1v) is 11.1. The number of piperidine rings is 1. The number of fused-ring (bicyclic) bond motifs is 2. The largest absolute Gasteiger partial charge is 0.327 e. The summed E-state index contributed by atoms with van der Waals surface area (Å²) in [5.74, 6) is 0.602. The van der Waals surface area contributed by atoms with Crippen LogP contribution >= 0.6 is 12.4 Å². The molecule has 3 N–H and O–H groups in total. The third kappa shape index (κ3) is 3.88. The number of carbonyl (C=O) groups excluding carboxylic acids is 1. The molecule has 1 aromatic rings. The van der Waals surface area contributed by atoms with E-state index in [1.807, 2.05) is 0 Å². The zero-order valence-corrected chi connectivity index (χ0v) is 17.0. The predicted octanol–water partition coefficient (Wildman–Crippen LogP) is 2.59. The van der Waals surface area contributed by atoms with Crippen molar-refractivity contribution < 1.29 is 13.2 Å². The maximum Gasteiger partial charge on any atom is 0.243 e. The van der Waals surface area contributed by atoms with Crippen LogP contribution < -0.4 is 11.1 Å². The molecule has 8 heteroatoms. The lowest BCUT2D eigenvalue weighted by Crippen LogP contribution is -2.42. The molecule has 4 rings (SSSR count). The SMILES string of the molecule is Cl.NC1C2CCC(C2)C1C(=O)Nc1cccc(S(=O)(=O)N2CCCCC2)c1. The van der Waals surface area contributed by atoms with Crippen molar-refractivity contribution in [1.82, 2.24) is 4.31 Å². The molecule has 1 aromatic carbocycles. The number of benzene rings is 1. The number of nitrogens with one attached hydrogen (secondary N) is 1. The van der Waals surface area contributed by atoms with Gasteiger partial charge in [0.25, 0.3) is 0 Å². The average Bonchev–Trinajstić information content (AvgIpc) is 3.24. The number of carbonyl (C=O) groups is 1. The number of nitrogens with zero attached hydrogens (tertiary/aromatic N) is 1. The molecule has 4 atom stereocenters. The van der Waals surface area contributed by atoms with Crippen LogP contribution in [0.25, 0.3) is 0 Å². The second-order valence-corrected chi connectivity index (χ2v) is 9.86. The number of amides is 1. The fourth-order valence-corrected chi connectivity index (χ4v) is 6.50. The third-order valence-corrected chi connectivity index (χ3v) is 8.23. The summed E-state index contributed by atoms with van der Waals surface area (Å²) in [5.41, 5.74) is 6.78. The van der Waals surface area contributed by atoms with E-state index in [1.54, 1.807) is 28.6 Å². The van der Waals surface area contributed by atoms with E-state index in [-0.39, 0.29) is 35.2 Å². The summed E-state index contributed by atoms with van der Waals surface area (Å²) in [4.78, 5) is 13.0. The maximum absolute atomic E-state index is 12.8. The molecule has 0 aromatic heterocycles. The van der Waals surface area contributed by atoms with E-state index in [0.29, 0.717) is 30.6 Å². The highest BCUT2D eigenvalue weighted by atomic mass is 35.5. The van der Waals surface area contributed by atoms with Crippen molar-refractivity contribution in [2.24, 2.45) is 23.5 Å². The Balaban J connectivity index is 0.00000210. The molecule has 6 nitrogen and oxygen atoms in total. The van der Waals surface area contributed by atoms with Crippen molar-refractivity contribution in [3.63, 3.8) is 0 Å². The van der Waals surface area contributed by atoms with Gasteiger partial charge in [0.05, 0.1) is 10.8 Å². The van der Waals surface area contributed by atoms with Crippen molar-refractivity contribution in [2.75, 3.05) is 18.4 Å². The molecule has 1 aliphatic heterocycles. The molecule has 4 unspecified atom stereocenters. The van der Waals surface area contributed by atoms with Gasteiger partial charge in [-0.25, -0.2) is 8.42 Å². The van der Waals surface area contributed by atoms with Crippen LogP contribution in [-0.4, -0.2) is 37.8 Å². The minimum Gasteiger partial charge on any atom is -0.327 e. The Morgan fingerprint density at radius 3 is 2.48 bits per heavy atom. The molecule has 0 spiro atoms. The third-order valence-electron chi connectivity index (χ3n) is 6.34. The second kappa shape index (κ2) is 8.07. The van der Waals surface area contributed by atoms with Crippen molar-refractivity contribution in [3.8, 4) is 0 Å². The molecular formula is C19H28ClN3O3S. The van der Waals surface area contributed by atoms with Crippen LogP contribution in [-0.2, 0) is 14.8 Å². The fraction of sp³-hybridized carbons (Fsp3) is 0.632. The normalized spacial score (nSPS) is 30.7. The number of hydrogen-bond donors (Lipinski definition) is 2. The van der Waals surface area contributed by atoms with E-state index in [9.17, 15) is 13.2 Å². The number of sulfonamides is 1. The van der Waals surface area contributed by atoms with Gasteiger partial charge in [0.15, 0.2) is 0 Å². The molecule has 1 amide bonds. The molecule has 0 radical (unpaired) electrons. The number of nitrogens with two attached hydrogens (primary N) is 1. The van der Waals surface area contributed by atoms with Crippen molar-refractivity contribution in [2.45, 2.75) is 49.5 Å². The first-order chi connectivity index (χ1) is 12.5. The Morgan fingerprint density at radius 2 is 1.81 bits per heavy atom. The topological polar surface area (TPSA) is 92.5 Å². The Hall–Kier alpha value is -1.15. The van der Waals surface area contributed by atoms with Crippen molar-refractivity contribution >= 4 is 34.0 Å². The maximum atomic E-state index is 12.8. The van der Waals surface area contributed by atoms with Crippen LogP contribution in [0, 0.1) is 17.8 Å². The Bertz CT molecular complexity index is 793. The van der Waals surface area contributed by atoms with Crippen molar-refractivity contribution in [1.29, 1.82) is 0 Å². The Labute approximate surface area is 167 Å². The quantitative estimate of drug-likeness (QED) is 0.793. The van der Waals surface area contributed by atoms with Gasteiger partial charge in [0.2, 0.25) is 15.9 Å². The smallest absolute Gasteiger partial charge is 0.243 e. The molecule has 2 saturated carbocycles. The van der Waals surface area contributed by atoms with E-state index in [0.717, 1.165) is 38.5 Å². The van der Waals surface area contributed by atoms with Crippen LogP contribution in [0.5, 0.6) is 0 Å². The van der Waals surface area contributed by atoms with Crippen LogP contribution in [0.15, 0.2) is 29.2 Å². The standard InChI is InChI=1S/C19H27N3O3S.ClH/c20-18-14-8-7-13(11-14)17(18)19(23)21-15-5-4-6-16(12-15)26(24,25)22-9-2-1-3-10-22;/h4-6,12-14,17-18H,1-3,7-11,20H2,(H,21,23);1H. The second-order valence-electron chi connectivity index (χ2n) is 7.92. The lowest BCUT2D eigenvalue weighted by molar-refractivity contribution is -0.121. The Kier molecular flexibility index (Phi) is 6.15. The summed E-state index contributed by atoms with van der Waals surface area (Å²) in [6.45, 7) is 1.14. The van der Waals surface area contributed by atoms with Crippen molar-refractivity contribution in [3.05, 3.63) is 24.3 Å². The summed E-state index contributed by atoms with van der Waals surface area (Å²) >= 11 is 0. The first kappa shape index (κ1) is 20.6. The van der Waals surface area contributed by atoms with Gasteiger partial charge >= 0.3 is 0 Å². The van der Waals surface area contributed by atoms with Gasteiger partial charge in [-0.1, -0.05) is 12.5 Å². The highest BCUT2D eigenvalue weighted by molar-refractivity contribution is 7.89. The lowest BCUT2D eigenvalue weighted by atomic mass is 9.84. The molecular weight excluding hydrogens is 386 g/mol. The summed E-state index contributed by atoms with van der Waals surface area (Å²) in [6.07, 6.45) is 6.11. The fourth-order valence-electron chi connectivity index (χ4n) is 4.94. The van der Waals surface area contributed by atoms with E-state index < -0.39 is 10.0 Å². The summed E-state index contributed by atoms with van der Waals surface area (Å²) in [5, 5.41) is 2.91. The Morgan fingerprint density at radius 1 is 1.11 bits per heavy atom. The summed E-state index contributed by atoms with van der Waals surface area (Å²) in [7, 11) is -3.50. The number of anilines is 1. The highest BCUT2D eigenvalue weighted by Gasteiger charge is 2.49. The zero-order chi connectivity index (χ0) is 18.3. The van der Waals surface area contributed by atoms with E-state index in [1.165, 1.54) is 0 Å². The van der Waals surface area contributed by atoms with Gasteiger partial charge in [0, 0.05) is 24.8 Å². The molecule has 3 fully saturated rings. The van der Waals surface area contributed by atoms with Crippen LogP contribution in [0.2, 0.25) is 0 Å². The van der Waals surface area contributed by atoms with Gasteiger partial charge in [-0.15, -0.1) is 12.4 Å². The molecule has 2 aliphatic carbocycles. The molecule has 27 heavy (non-hydrogen) atoms. The minimum absolute atomic E-state index is 0. The predicted molar refractivity (Wildman–Crippen MR) is 107 cm³/mol. The number of halogens is 1. The van der Waals surface area contributed by atoms with Gasteiger partial charge in [0.1, 0.15) is 0 Å². The number of rotatable bonds is 4. The van der Waals surface area contributed by atoms with E-state index >= 15 is 0 Å². The molecule has 1 heterocycles. The highest BCUT2D eigenvalue weighted by Crippen LogP contribution is 2.47. The molecule has 3 aliphatic rings. The zero-order valence-electron chi connectivity index (χ0n) is 15.3. The average molecular weight is 414 g/mol. The lowest BCUT2D eigenvalue weighted by Gasteiger charge is -2.27. The number of hydrogen-bond acceptors (Lipinski definition) is 4. The van der Waals surface area contributed by atoms with Gasteiger partial charge in [-0.3, -0.25) is 4.79 Å². The van der Waals surface area contributed by atoms with Crippen LogP contribution in [0.3, 0.4) is 0 Å². The molecule has 1 saturated heterocycles. The van der Waals surface area contributed by atoms with E-state index in [2.05, 4.69) is 5.32 Å².